The number of urea groups is 1. The third-order valence-corrected chi connectivity index (χ3v) is 5.68. The number of benzene rings is 1. The summed E-state index contributed by atoms with van der Waals surface area (Å²) < 4.78 is 17.0. The Morgan fingerprint density at radius 2 is 2.23 bits per heavy atom. The summed E-state index contributed by atoms with van der Waals surface area (Å²) in [7, 11) is -0.895. The maximum absolute atomic E-state index is 12.4. The monoisotopic (exact) mass is 321 g/mol. The molecule has 0 saturated carbocycles. The Kier molecular flexibility index (Phi) is 3.68. The second-order valence-electron chi connectivity index (χ2n) is 6.08. The van der Waals surface area contributed by atoms with Gasteiger partial charge in [-0.25, -0.2) is 9.78 Å². The van der Waals surface area contributed by atoms with Crippen LogP contribution in [0, 0.1) is 6.92 Å². The van der Waals surface area contributed by atoms with Crippen LogP contribution in [0.3, 0.4) is 0 Å². The van der Waals surface area contributed by atoms with Crippen LogP contribution in [-0.2, 0) is 10.8 Å². The molecular weight excluding hydrogens is 302 g/mol. The Morgan fingerprint density at radius 1 is 1.45 bits per heavy atom. The van der Waals surface area contributed by atoms with Crippen molar-refractivity contribution in [3.63, 3.8) is 0 Å². The number of hydrogen-bond donors (Lipinski definition) is 1. The first-order valence-electron chi connectivity index (χ1n) is 7.17. The molecule has 1 saturated heterocycles. The SMILES string of the molecule is Cc1nc2ccc(NC(=O)N3CCS(=O)C(C)(C)C3)cc2o1. The first-order valence-corrected chi connectivity index (χ1v) is 8.49. The molecule has 0 radical (unpaired) electrons. The van der Waals surface area contributed by atoms with Gasteiger partial charge < -0.3 is 14.6 Å². The molecule has 1 aromatic heterocycles. The summed E-state index contributed by atoms with van der Waals surface area (Å²) in [6.07, 6.45) is 0. The van der Waals surface area contributed by atoms with E-state index in [0.717, 1.165) is 5.52 Å². The Bertz CT molecular complexity index is 754. The highest BCUT2D eigenvalue weighted by molar-refractivity contribution is 7.86. The summed E-state index contributed by atoms with van der Waals surface area (Å²) in [6, 6.07) is 5.20. The van der Waals surface area contributed by atoms with E-state index in [1.807, 2.05) is 19.9 Å². The van der Waals surface area contributed by atoms with Gasteiger partial charge in [0.1, 0.15) is 5.52 Å². The van der Waals surface area contributed by atoms with Gasteiger partial charge in [-0.1, -0.05) is 0 Å². The van der Waals surface area contributed by atoms with Gasteiger partial charge in [-0.05, 0) is 26.0 Å². The summed E-state index contributed by atoms with van der Waals surface area (Å²) in [5, 5.41) is 2.87. The number of aryl methyl sites for hydroxylation is 1. The van der Waals surface area contributed by atoms with Crippen LogP contribution in [0.25, 0.3) is 11.1 Å². The van der Waals surface area contributed by atoms with Crippen LogP contribution in [0.4, 0.5) is 10.5 Å². The van der Waals surface area contributed by atoms with E-state index < -0.39 is 10.8 Å². The predicted octanol–water partition coefficient (Wildman–Crippen LogP) is 2.51. The van der Waals surface area contributed by atoms with Crippen molar-refractivity contribution in [2.45, 2.75) is 25.5 Å². The molecule has 1 unspecified atom stereocenters. The lowest BCUT2D eigenvalue weighted by molar-refractivity contribution is 0.207. The molecule has 1 fully saturated rings. The molecule has 2 aromatic rings. The number of anilines is 1. The Hall–Kier alpha value is -1.89. The quantitative estimate of drug-likeness (QED) is 0.875. The van der Waals surface area contributed by atoms with Gasteiger partial charge >= 0.3 is 6.03 Å². The minimum atomic E-state index is -0.895. The van der Waals surface area contributed by atoms with Gasteiger partial charge in [-0.15, -0.1) is 0 Å². The highest BCUT2D eigenvalue weighted by Gasteiger charge is 2.35. The van der Waals surface area contributed by atoms with Gasteiger partial charge in [0.25, 0.3) is 0 Å². The molecule has 0 aliphatic carbocycles. The number of nitrogens with one attached hydrogen (secondary N) is 1. The van der Waals surface area contributed by atoms with E-state index >= 15 is 0 Å². The lowest BCUT2D eigenvalue weighted by atomic mass is 10.2. The molecule has 1 aliphatic heterocycles. The fourth-order valence-electron chi connectivity index (χ4n) is 2.57. The van der Waals surface area contributed by atoms with Crippen LogP contribution >= 0.6 is 0 Å². The largest absolute Gasteiger partial charge is 0.441 e. The lowest BCUT2D eigenvalue weighted by Crippen LogP contribution is -2.53. The minimum Gasteiger partial charge on any atom is -0.441 e. The summed E-state index contributed by atoms with van der Waals surface area (Å²) in [5.41, 5.74) is 2.08. The van der Waals surface area contributed by atoms with Crippen LogP contribution in [-0.4, -0.2) is 43.7 Å². The van der Waals surface area contributed by atoms with Gasteiger partial charge in [0.05, 0.1) is 4.75 Å². The van der Waals surface area contributed by atoms with Crippen LogP contribution in [0.1, 0.15) is 19.7 Å². The number of hydrogen-bond acceptors (Lipinski definition) is 4. The van der Waals surface area contributed by atoms with Crippen LogP contribution < -0.4 is 5.32 Å². The second kappa shape index (κ2) is 5.39. The molecule has 2 amide bonds. The predicted molar refractivity (Wildman–Crippen MR) is 86.4 cm³/mol. The van der Waals surface area contributed by atoms with E-state index in [1.165, 1.54) is 0 Å². The van der Waals surface area contributed by atoms with Crippen molar-refractivity contribution in [1.29, 1.82) is 0 Å². The molecule has 1 atom stereocenters. The smallest absolute Gasteiger partial charge is 0.321 e. The molecule has 1 aromatic carbocycles. The van der Waals surface area contributed by atoms with Crippen LogP contribution in [0.2, 0.25) is 0 Å². The highest BCUT2D eigenvalue weighted by Crippen LogP contribution is 2.23. The molecule has 7 heteroatoms. The molecule has 1 N–H and O–H groups in total. The molecule has 22 heavy (non-hydrogen) atoms. The van der Waals surface area contributed by atoms with E-state index in [-0.39, 0.29) is 10.8 Å². The fourth-order valence-corrected chi connectivity index (χ4v) is 3.81. The van der Waals surface area contributed by atoms with Crippen molar-refractivity contribution in [2.24, 2.45) is 0 Å². The molecule has 3 rings (SSSR count). The van der Waals surface area contributed by atoms with E-state index in [9.17, 15) is 9.00 Å². The topological polar surface area (TPSA) is 75.4 Å². The highest BCUT2D eigenvalue weighted by atomic mass is 32.2. The van der Waals surface area contributed by atoms with Crippen molar-refractivity contribution in [2.75, 3.05) is 24.2 Å². The van der Waals surface area contributed by atoms with Gasteiger partial charge in [-0.3, -0.25) is 4.21 Å². The molecule has 6 nitrogen and oxygen atoms in total. The van der Waals surface area contributed by atoms with E-state index in [1.54, 1.807) is 24.0 Å². The first kappa shape index (κ1) is 15.0. The van der Waals surface area contributed by atoms with Crippen LogP contribution in [0.15, 0.2) is 22.6 Å². The molecule has 118 valence electrons. The average Bonchev–Trinajstić information content (AvgIpc) is 2.81. The number of oxazole rings is 1. The molecule has 0 bridgehead atoms. The van der Waals surface area contributed by atoms with Gasteiger partial charge in [0, 0.05) is 48.3 Å². The van der Waals surface area contributed by atoms with Crippen molar-refractivity contribution >= 4 is 33.6 Å². The zero-order valence-corrected chi connectivity index (χ0v) is 13.7. The van der Waals surface area contributed by atoms with Crippen LogP contribution in [0.5, 0.6) is 0 Å². The first-order chi connectivity index (χ1) is 10.3. The zero-order chi connectivity index (χ0) is 15.9. The van der Waals surface area contributed by atoms with Crippen molar-refractivity contribution < 1.29 is 13.4 Å². The number of rotatable bonds is 1. The van der Waals surface area contributed by atoms with Gasteiger partial charge in [0.15, 0.2) is 11.5 Å². The van der Waals surface area contributed by atoms with Gasteiger partial charge in [-0.2, -0.15) is 0 Å². The summed E-state index contributed by atoms with van der Waals surface area (Å²) in [6.45, 7) is 6.62. The number of nitrogens with zero attached hydrogens (tertiary/aromatic N) is 2. The fraction of sp³-hybridized carbons (Fsp3) is 0.467. The summed E-state index contributed by atoms with van der Waals surface area (Å²) >= 11 is 0. The van der Waals surface area contributed by atoms with E-state index in [4.69, 9.17) is 4.42 Å². The maximum Gasteiger partial charge on any atom is 0.321 e. The third-order valence-electron chi connectivity index (χ3n) is 3.77. The zero-order valence-electron chi connectivity index (χ0n) is 12.9. The number of carbonyl (C=O) groups is 1. The number of aromatic nitrogens is 1. The van der Waals surface area contributed by atoms with Crippen molar-refractivity contribution in [3.05, 3.63) is 24.1 Å². The lowest BCUT2D eigenvalue weighted by Gasteiger charge is -2.37. The third kappa shape index (κ3) is 2.85. The number of fused-ring (bicyclic) bond motifs is 1. The Balaban J connectivity index is 1.74. The Labute approximate surface area is 131 Å². The molecular formula is C15H19N3O3S. The average molecular weight is 321 g/mol. The van der Waals surface area contributed by atoms with E-state index in [0.29, 0.717) is 36.0 Å². The minimum absolute atomic E-state index is 0.180. The molecule has 0 spiro atoms. The van der Waals surface area contributed by atoms with Crippen molar-refractivity contribution in [1.82, 2.24) is 9.88 Å². The van der Waals surface area contributed by atoms with E-state index in [2.05, 4.69) is 10.3 Å². The van der Waals surface area contributed by atoms with Crippen molar-refractivity contribution in [3.8, 4) is 0 Å². The molecule has 1 aliphatic rings. The number of amides is 2. The second-order valence-corrected chi connectivity index (χ2v) is 8.28. The molecule has 2 heterocycles. The summed E-state index contributed by atoms with van der Waals surface area (Å²) in [5.74, 6) is 1.11. The Morgan fingerprint density at radius 3 is 2.95 bits per heavy atom. The summed E-state index contributed by atoms with van der Waals surface area (Å²) in [4.78, 5) is 18.3. The maximum atomic E-state index is 12.4. The standard InChI is InChI=1S/C15H19N3O3S/c1-10-16-12-5-4-11(8-13(12)21-10)17-14(19)18-6-7-22(20)15(2,3)9-18/h4-5,8H,6-7,9H2,1-3H3,(H,17,19). The normalized spacial score (nSPS) is 21.0. The number of carbonyl (C=O) groups excluding carboxylic acids is 1. The van der Waals surface area contributed by atoms with Gasteiger partial charge in [0.2, 0.25) is 0 Å².